The van der Waals surface area contributed by atoms with Crippen LogP contribution in [0.4, 0.5) is 4.39 Å². The molecule has 0 saturated carbocycles. The van der Waals surface area contributed by atoms with Crippen molar-refractivity contribution in [1.82, 2.24) is 4.98 Å². The molecule has 1 aromatic heterocycles. The lowest BCUT2D eigenvalue weighted by Gasteiger charge is -2.29. The summed E-state index contributed by atoms with van der Waals surface area (Å²) in [6.07, 6.45) is 2.83. The minimum atomic E-state index is -0.903. The van der Waals surface area contributed by atoms with E-state index in [4.69, 9.17) is 10.7 Å². The molecule has 0 aliphatic carbocycles. The summed E-state index contributed by atoms with van der Waals surface area (Å²) < 4.78 is 14.8. The van der Waals surface area contributed by atoms with Gasteiger partial charge in [0, 0.05) is 21.8 Å². The topological polar surface area (TPSA) is 51.3 Å². The van der Waals surface area contributed by atoms with E-state index < -0.39 is 11.4 Å². The van der Waals surface area contributed by atoms with Crippen molar-refractivity contribution in [3.05, 3.63) is 99.5 Å². The fraction of sp³-hybridized carbons (Fsp3) is 0.0526. The zero-order valence-corrected chi connectivity index (χ0v) is 14.2. The highest BCUT2D eigenvalue weighted by molar-refractivity contribution is 9.10. The molecule has 3 nitrogen and oxygen atoms in total. The Balaban J connectivity index is 2.10. The fourth-order valence-electron chi connectivity index (χ4n) is 3.25. The molecule has 2 aromatic carbocycles. The summed E-state index contributed by atoms with van der Waals surface area (Å²) in [4.78, 5) is 8.80. The molecular weight excluding hydrogens is 369 g/mol. The molecule has 3 aromatic rings. The van der Waals surface area contributed by atoms with Crippen LogP contribution < -0.4 is 5.73 Å². The lowest BCUT2D eigenvalue weighted by atomic mass is 9.78. The molecule has 0 spiro atoms. The molecule has 4 rings (SSSR count). The van der Waals surface area contributed by atoms with Crippen LogP contribution in [0.3, 0.4) is 0 Å². The van der Waals surface area contributed by atoms with Gasteiger partial charge in [0.1, 0.15) is 17.2 Å². The van der Waals surface area contributed by atoms with Crippen LogP contribution in [0.2, 0.25) is 0 Å². The van der Waals surface area contributed by atoms with Gasteiger partial charge in [0.25, 0.3) is 0 Å². The molecule has 24 heavy (non-hydrogen) atoms. The maximum Gasteiger partial charge on any atom is 0.141 e. The van der Waals surface area contributed by atoms with Gasteiger partial charge in [-0.2, -0.15) is 0 Å². The number of aliphatic imine (C=N–C) groups is 1. The van der Waals surface area contributed by atoms with Crippen LogP contribution in [0.15, 0.2) is 76.5 Å². The standard InChI is InChI=1S/C19H13BrFN3/c20-14-5-3-4-12(8-14)19(13-9-15(21)11-23-10-13)17-7-2-1-6-16(17)18(22)24-19/h1-11H,(H2,22,24). The molecule has 5 heteroatoms. The first-order chi connectivity index (χ1) is 11.6. The molecule has 0 bridgehead atoms. The van der Waals surface area contributed by atoms with Crippen molar-refractivity contribution in [1.29, 1.82) is 0 Å². The van der Waals surface area contributed by atoms with Gasteiger partial charge in [0.05, 0.1) is 6.20 Å². The summed E-state index contributed by atoms with van der Waals surface area (Å²) in [6, 6.07) is 17.0. The fourth-order valence-corrected chi connectivity index (χ4v) is 3.65. The second-order valence-corrected chi connectivity index (χ2v) is 6.57. The van der Waals surface area contributed by atoms with Gasteiger partial charge in [-0.05, 0) is 29.3 Å². The van der Waals surface area contributed by atoms with Crippen molar-refractivity contribution in [3.63, 3.8) is 0 Å². The van der Waals surface area contributed by atoms with E-state index in [-0.39, 0.29) is 0 Å². The Hall–Kier alpha value is -2.53. The van der Waals surface area contributed by atoms with Gasteiger partial charge in [0.15, 0.2) is 0 Å². The SMILES string of the molecule is NC1=NC(c2cncc(F)c2)(c2cccc(Br)c2)c2ccccc21. The Morgan fingerprint density at radius 3 is 2.58 bits per heavy atom. The highest BCUT2D eigenvalue weighted by Crippen LogP contribution is 2.46. The van der Waals surface area contributed by atoms with E-state index in [1.165, 1.54) is 12.3 Å². The Labute approximate surface area is 147 Å². The van der Waals surface area contributed by atoms with Gasteiger partial charge in [-0.25, -0.2) is 9.38 Å². The third-order valence-electron chi connectivity index (χ3n) is 4.25. The van der Waals surface area contributed by atoms with E-state index in [1.54, 1.807) is 6.20 Å². The van der Waals surface area contributed by atoms with Crippen LogP contribution in [0.5, 0.6) is 0 Å². The Morgan fingerprint density at radius 1 is 0.958 bits per heavy atom. The van der Waals surface area contributed by atoms with Gasteiger partial charge < -0.3 is 5.73 Å². The molecule has 118 valence electrons. The number of fused-ring (bicyclic) bond motifs is 1. The number of amidine groups is 1. The van der Waals surface area contributed by atoms with Gasteiger partial charge >= 0.3 is 0 Å². The number of hydrogen-bond donors (Lipinski definition) is 1. The maximum atomic E-state index is 13.9. The van der Waals surface area contributed by atoms with Crippen molar-refractivity contribution in [2.75, 3.05) is 0 Å². The number of pyridine rings is 1. The van der Waals surface area contributed by atoms with Crippen LogP contribution >= 0.6 is 15.9 Å². The van der Waals surface area contributed by atoms with Crippen LogP contribution in [0, 0.1) is 5.82 Å². The minimum Gasteiger partial charge on any atom is -0.383 e. The monoisotopic (exact) mass is 381 g/mol. The Kier molecular flexibility index (Phi) is 3.46. The normalized spacial score (nSPS) is 19.0. The van der Waals surface area contributed by atoms with Crippen molar-refractivity contribution < 1.29 is 4.39 Å². The maximum absolute atomic E-state index is 13.9. The van der Waals surface area contributed by atoms with Crippen molar-refractivity contribution >= 4 is 21.8 Å². The molecule has 0 amide bonds. The molecule has 0 fully saturated rings. The highest BCUT2D eigenvalue weighted by Gasteiger charge is 2.43. The first kappa shape index (κ1) is 15.0. The number of hydrogen-bond acceptors (Lipinski definition) is 3. The quantitative estimate of drug-likeness (QED) is 0.729. The summed E-state index contributed by atoms with van der Waals surface area (Å²) in [5.74, 6) is 0.0369. The molecule has 1 atom stereocenters. The number of nitrogens with two attached hydrogens (primary N) is 1. The average Bonchev–Trinajstić information content (AvgIpc) is 2.89. The third-order valence-corrected chi connectivity index (χ3v) is 4.74. The number of benzene rings is 2. The van der Waals surface area contributed by atoms with Gasteiger partial charge in [-0.15, -0.1) is 0 Å². The molecule has 2 heterocycles. The van der Waals surface area contributed by atoms with Gasteiger partial charge in [0.2, 0.25) is 0 Å². The van der Waals surface area contributed by atoms with Crippen molar-refractivity contribution in [2.45, 2.75) is 5.54 Å². The summed E-state index contributed by atoms with van der Waals surface area (Å²) in [6.45, 7) is 0. The summed E-state index contributed by atoms with van der Waals surface area (Å²) in [5, 5.41) is 0. The number of rotatable bonds is 2. The predicted molar refractivity (Wildman–Crippen MR) is 95.4 cm³/mol. The van der Waals surface area contributed by atoms with Crippen LogP contribution in [-0.2, 0) is 5.54 Å². The first-order valence-electron chi connectivity index (χ1n) is 7.43. The summed E-state index contributed by atoms with van der Waals surface area (Å²) in [5.41, 5.74) is 8.63. The molecule has 2 N–H and O–H groups in total. The Morgan fingerprint density at radius 2 is 1.79 bits per heavy atom. The number of nitrogens with zero attached hydrogens (tertiary/aromatic N) is 2. The molecule has 0 radical (unpaired) electrons. The Bertz CT molecular complexity index is 923. The number of aromatic nitrogens is 1. The van der Waals surface area contributed by atoms with E-state index in [0.717, 1.165) is 21.2 Å². The zero-order chi connectivity index (χ0) is 16.7. The average molecular weight is 382 g/mol. The second-order valence-electron chi connectivity index (χ2n) is 5.66. The van der Waals surface area contributed by atoms with E-state index >= 15 is 0 Å². The third kappa shape index (κ3) is 2.16. The largest absolute Gasteiger partial charge is 0.383 e. The molecule has 1 aliphatic rings. The predicted octanol–water partition coefficient (Wildman–Crippen LogP) is 3.99. The van der Waals surface area contributed by atoms with E-state index in [1.807, 2.05) is 48.5 Å². The second kappa shape index (κ2) is 5.53. The molecule has 1 unspecified atom stereocenters. The molecule has 1 aliphatic heterocycles. The van der Waals surface area contributed by atoms with Gasteiger partial charge in [-0.1, -0.05) is 52.3 Å². The molecule has 0 saturated heterocycles. The van der Waals surface area contributed by atoms with Crippen LogP contribution in [-0.4, -0.2) is 10.8 Å². The highest BCUT2D eigenvalue weighted by atomic mass is 79.9. The van der Waals surface area contributed by atoms with Crippen LogP contribution in [0.1, 0.15) is 22.3 Å². The smallest absolute Gasteiger partial charge is 0.141 e. The number of halogens is 2. The van der Waals surface area contributed by atoms with Crippen molar-refractivity contribution in [2.24, 2.45) is 10.7 Å². The van der Waals surface area contributed by atoms with E-state index in [0.29, 0.717) is 11.4 Å². The first-order valence-corrected chi connectivity index (χ1v) is 8.23. The van der Waals surface area contributed by atoms with Gasteiger partial charge in [-0.3, -0.25) is 4.98 Å². The zero-order valence-electron chi connectivity index (χ0n) is 12.6. The lowest BCUT2D eigenvalue weighted by Crippen LogP contribution is -2.25. The minimum absolute atomic E-state index is 0.403. The summed E-state index contributed by atoms with van der Waals surface area (Å²) >= 11 is 3.51. The molecular formula is C19H13BrFN3. The summed E-state index contributed by atoms with van der Waals surface area (Å²) in [7, 11) is 0. The van der Waals surface area contributed by atoms with E-state index in [2.05, 4.69) is 20.9 Å². The van der Waals surface area contributed by atoms with Crippen molar-refractivity contribution in [3.8, 4) is 0 Å². The van der Waals surface area contributed by atoms with Crippen LogP contribution in [0.25, 0.3) is 0 Å². The lowest BCUT2D eigenvalue weighted by molar-refractivity contribution is 0.602. The van der Waals surface area contributed by atoms with E-state index in [9.17, 15) is 4.39 Å².